The van der Waals surface area contributed by atoms with Crippen molar-refractivity contribution in [1.82, 2.24) is 4.90 Å². The van der Waals surface area contributed by atoms with Gasteiger partial charge in [-0.25, -0.2) is 4.39 Å². The largest absolute Gasteiger partial charge is 0.488 e. The van der Waals surface area contributed by atoms with Crippen LogP contribution in [0.25, 0.3) is 0 Å². The maximum atomic E-state index is 13.2. The summed E-state index contributed by atoms with van der Waals surface area (Å²) in [5, 5.41) is 18.6. The molecule has 2 aliphatic rings. The lowest BCUT2D eigenvalue weighted by atomic mass is 9.77. The molecule has 2 atom stereocenters. The molecule has 0 aliphatic carbocycles. The normalized spacial score (nSPS) is 26.7. The van der Waals surface area contributed by atoms with Crippen LogP contribution in [0.1, 0.15) is 18.4 Å². The average molecular weight is 265 g/mol. The molecule has 2 unspecified atom stereocenters. The van der Waals surface area contributed by atoms with Gasteiger partial charge in [0.2, 0.25) is 0 Å². The third-order valence-electron chi connectivity index (χ3n) is 3.90. The van der Waals surface area contributed by atoms with Gasteiger partial charge in [0.25, 0.3) is 0 Å². The fourth-order valence-corrected chi connectivity index (χ4v) is 3.02. The van der Waals surface area contributed by atoms with Gasteiger partial charge in [-0.1, -0.05) is 6.07 Å². The molecule has 0 radical (unpaired) electrons. The summed E-state index contributed by atoms with van der Waals surface area (Å²) < 4.78 is 18.9. The second-order valence-electron chi connectivity index (χ2n) is 5.37. The second kappa shape index (κ2) is 5.21. The molecule has 2 heterocycles. The Morgan fingerprint density at radius 3 is 2.58 bits per heavy atom. The Bertz CT molecular complexity index is 459. The van der Waals surface area contributed by atoms with E-state index in [1.54, 1.807) is 6.07 Å². The van der Waals surface area contributed by atoms with E-state index in [-0.39, 0.29) is 5.46 Å². The van der Waals surface area contributed by atoms with Crippen molar-refractivity contribution in [1.29, 1.82) is 0 Å². The maximum Gasteiger partial charge on any atom is 0.488 e. The quantitative estimate of drug-likeness (QED) is 0.747. The third-order valence-corrected chi connectivity index (χ3v) is 3.90. The molecule has 3 rings (SSSR count). The van der Waals surface area contributed by atoms with Gasteiger partial charge in [-0.05, 0) is 36.0 Å². The van der Waals surface area contributed by atoms with Gasteiger partial charge in [-0.3, -0.25) is 4.90 Å². The van der Waals surface area contributed by atoms with E-state index in [4.69, 9.17) is 4.74 Å². The van der Waals surface area contributed by atoms with E-state index in [1.165, 1.54) is 12.1 Å². The molecule has 2 fully saturated rings. The zero-order valence-corrected chi connectivity index (χ0v) is 10.6. The minimum absolute atomic E-state index is 0.249. The standard InChI is InChI=1S/C13H17BFNO3/c15-10-2-1-9(13(5-10)14(17)18)6-16-7-11-3-4-12(8-16)19-11/h1-2,5,11-12,17-18H,3-4,6-8H2. The predicted octanol–water partition coefficient (Wildman–Crippen LogP) is -0.131. The highest BCUT2D eigenvalue weighted by molar-refractivity contribution is 6.59. The number of benzene rings is 1. The Morgan fingerprint density at radius 1 is 1.26 bits per heavy atom. The molecule has 2 saturated heterocycles. The first-order chi connectivity index (χ1) is 9.11. The summed E-state index contributed by atoms with van der Waals surface area (Å²) in [5.41, 5.74) is 1.01. The summed E-state index contributed by atoms with van der Waals surface area (Å²) in [5.74, 6) is -0.450. The minimum Gasteiger partial charge on any atom is -0.423 e. The fraction of sp³-hybridized carbons (Fsp3) is 0.538. The van der Waals surface area contributed by atoms with Crippen molar-refractivity contribution < 1.29 is 19.2 Å². The van der Waals surface area contributed by atoms with Gasteiger partial charge in [-0.2, -0.15) is 0 Å². The number of rotatable bonds is 3. The van der Waals surface area contributed by atoms with Crippen LogP contribution in [0.15, 0.2) is 18.2 Å². The molecule has 102 valence electrons. The predicted molar refractivity (Wildman–Crippen MR) is 69.4 cm³/mol. The minimum atomic E-state index is -1.64. The summed E-state index contributed by atoms with van der Waals surface area (Å²) >= 11 is 0. The number of morpholine rings is 1. The molecule has 0 aromatic heterocycles. The van der Waals surface area contributed by atoms with Gasteiger partial charge in [0, 0.05) is 19.6 Å². The highest BCUT2D eigenvalue weighted by atomic mass is 19.1. The van der Waals surface area contributed by atoms with E-state index in [2.05, 4.69) is 4.90 Å². The molecule has 2 N–H and O–H groups in total. The summed E-state index contributed by atoms with van der Waals surface area (Å²) in [6.45, 7) is 2.31. The topological polar surface area (TPSA) is 52.9 Å². The van der Waals surface area contributed by atoms with Crippen LogP contribution in [0.4, 0.5) is 4.39 Å². The molecule has 6 heteroatoms. The fourth-order valence-electron chi connectivity index (χ4n) is 3.02. The van der Waals surface area contributed by atoms with Crippen molar-refractivity contribution >= 4 is 12.6 Å². The number of halogens is 1. The summed E-state index contributed by atoms with van der Waals surface area (Å²) in [6.07, 6.45) is 2.78. The monoisotopic (exact) mass is 265 g/mol. The van der Waals surface area contributed by atoms with Crippen LogP contribution < -0.4 is 5.46 Å². The first kappa shape index (κ1) is 13.1. The zero-order valence-electron chi connectivity index (χ0n) is 10.6. The summed E-state index contributed by atoms with van der Waals surface area (Å²) in [4.78, 5) is 2.24. The summed E-state index contributed by atoms with van der Waals surface area (Å²) in [7, 11) is -1.64. The molecular formula is C13H17BFNO3. The van der Waals surface area contributed by atoms with Crippen molar-refractivity contribution in [2.45, 2.75) is 31.6 Å². The van der Waals surface area contributed by atoms with Crippen molar-refractivity contribution in [2.24, 2.45) is 0 Å². The molecule has 4 nitrogen and oxygen atoms in total. The van der Waals surface area contributed by atoms with Crippen LogP contribution in [0, 0.1) is 5.82 Å². The number of nitrogens with zero attached hydrogens (tertiary/aromatic N) is 1. The van der Waals surface area contributed by atoms with Crippen molar-refractivity contribution in [2.75, 3.05) is 13.1 Å². The molecule has 2 aliphatic heterocycles. The Morgan fingerprint density at radius 2 is 1.95 bits per heavy atom. The molecule has 19 heavy (non-hydrogen) atoms. The molecular weight excluding hydrogens is 248 g/mol. The van der Waals surface area contributed by atoms with Gasteiger partial charge in [0.1, 0.15) is 5.82 Å². The van der Waals surface area contributed by atoms with Crippen LogP contribution in [0.2, 0.25) is 0 Å². The summed E-state index contributed by atoms with van der Waals surface area (Å²) in [6, 6.07) is 4.17. The van der Waals surface area contributed by atoms with Crippen LogP contribution in [-0.4, -0.2) is 47.4 Å². The van der Waals surface area contributed by atoms with Crippen LogP contribution >= 0.6 is 0 Å². The lowest BCUT2D eigenvalue weighted by molar-refractivity contribution is -0.0409. The van der Waals surface area contributed by atoms with Gasteiger partial charge < -0.3 is 14.8 Å². The van der Waals surface area contributed by atoms with Crippen LogP contribution in [0.3, 0.4) is 0 Å². The van der Waals surface area contributed by atoms with Crippen molar-refractivity contribution in [3.63, 3.8) is 0 Å². The Kier molecular flexibility index (Phi) is 3.58. The lowest BCUT2D eigenvalue weighted by Gasteiger charge is -2.32. The third kappa shape index (κ3) is 2.82. The highest BCUT2D eigenvalue weighted by Gasteiger charge is 2.34. The van der Waals surface area contributed by atoms with Gasteiger partial charge in [-0.15, -0.1) is 0 Å². The van der Waals surface area contributed by atoms with Crippen molar-refractivity contribution in [3.8, 4) is 0 Å². The van der Waals surface area contributed by atoms with Gasteiger partial charge >= 0.3 is 7.12 Å². The number of hydrogen-bond acceptors (Lipinski definition) is 4. The second-order valence-corrected chi connectivity index (χ2v) is 5.37. The van der Waals surface area contributed by atoms with E-state index in [0.29, 0.717) is 18.8 Å². The van der Waals surface area contributed by atoms with Crippen molar-refractivity contribution in [3.05, 3.63) is 29.6 Å². The average Bonchev–Trinajstić information content (AvgIpc) is 2.71. The van der Waals surface area contributed by atoms with Crippen LogP contribution in [0.5, 0.6) is 0 Å². The number of likely N-dealkylation sites (tertiary alicyclic amines) is 1. The molecule has 1 aromatic carbocycles. The van der Waals surface area contributed by atoms with Gasteiger partial charge in [0.15, 0.2) is 0 Å². The van der Waals surface area contributed by atoms with E-state index in [1.807, 2.05) is 0 Å². The molecule has 0 amide bonds. The van der Waals surface area contributed by atoms with Crippen LogP contribution in [-0.2, 0) is 11.3 Å². The Hall–Kier alpha value is -0.945. The maximum absolute atomic E-state index is 13.2. The first-order valence-corrected chi connectivity index (χ1v) is 6.64. The van der Waals surface area contributed by atoms with E-state index in [9.17, 15) is 14.4 Å². The number of ether oxygens (including phenoxy) is 1. The number of fused-ring (bicyclic) bond motifs is 2. The Balaban J connectivity index is 1.76. The van der Waals surface area contributed by atoms with E-state index < -0.39 is 12.9 Å². The molecule has 1 aromatic rings. The van der Waals surface area contributed by atoms with E-state index in [0.717, 1.165) is 31.5 Å². The highest BCUT2D eigenvalue weighted by Crippen LogP contribution is 2.26. The lowest BCUT2D eigenvalue weighted by Crippen LogP contribution is -2.44. The SMILES string of the molecule is OB(O)c1cc(F)ccc1CN1CC2CCC(C1)O2. The number of hydrogen-bond donors (Lipinski definition) is 2. The Labute approximate surface area is 111 Å². The van der Waals surface area contributed by atoms with E-state index >= 15 is 0 Å². The first-order valence-electron chi connectivity index (χ1n) is 6.64. The smallest absolute Gasteiger partial charge is 0.423 e. The molecule has 2 bridgehead atoms. The van der Waals surface area contributed by atoms with Gasteiger partial charge in [0.05, 0.1) is 12.2 Å². The molecule has 0 spiro atoms. The molecule has 0 saturated carbocycles. The zero-order chi connectivity index (χ0) is 13.4.